The van der Waals surface area contributed by atoms with E-state index in [4.69, 9.17) is 15.2 Å². The number of pyridine rings is 1. The number of nitrogens with two attached hydrogens (primary N) is 1. The summed E-state index contributed by atoms with van der Waals surface area (Å²) in [5.41, 5.74) is 9.48. The fraction of sp³-hybridized carbons (Fsp3) is 0.485. The Morgan fingerprint density at radius 3 is 2.22 bits per heavy atom. The van der Waals surface area contributed by atoms with Gasteiger partial charge in [-0.3, -0.25) is 9.59 Å². The molecule has 3 aromatic rings. The minimum Gasteiger partial charge on any atom is -0.462 e. The Hall–Kier alpha value is -3.65. The monoisotopic (exact) mass is 563 g/mol. The normalized spacial score (nSPS) is 13.2. The van der Waals surface area contributed by atoms with E-state index in [2.05, 4.69) is 19.2 Å². The molecule has 0 spiro atoms. The van der Waals surface area contributed by atoms with Crippen molar-refractivity contribution < 1.29 is 19.1 Å². The fourth-order valence-electron chi connectivity index (χ4n) is 4.80. The summed E-state index contributed by atoms with van der Waals surface area (Å²) in [6, 6.07) is 13.8. The van der Waals surface area contributed by atoms with Gasteiger partial charge in [0.15, 0.2) is 0 Å². The molecule has 1 heterocycles. The standard InChI is InChI=1S/C33H45N3O5/c1-9-29(37)40-22(5)21(4)25-14-15-26-27(16-25)30(24-12-10-23(17-34)11-13-24)28(36(31(26)38)19-20(2)3)18-35-32(39)41-33(6,7)8/h10-16,20-22H,9,17-19,34H2,1-8H3,(H,35,39). The zero-order valence-corrected chi connectivity index (χ0v) is 25.7. The molecule has 3 N–H and O–H groups in total. The molecule has 0 saturated heterocycles. The lowest BCUT2D eigenvalue weighted by atomic mass is 9.90. The van der Waals surface area contributed by atoms with Crippen LogP contribution in [0.5, 0.6) is 0 Å². The number of nitrogens with zero attached hydrogens (tertiary/aromatic N) is 1. The average Bonchev–Trinajstić information content (AvgIpc) is 2.91. The van der Waals surface area contributed by atoms with Gasteiger partial charge in [0.25, 0.3) is 5.56 Å². The molecule has 0 bridgehead atoms. The van der Waals surface area contributed by atoms with E-state index in [0.717, 1.165) is 27.6 Å². The number of esters is 1. The Bertz CT molecular complexity index is 1430. The van der Waals surface area contributed by atoms with Crippen LogP contribution in [0, 0.1) is 5.92 Å². The summed E-state index contributed by atoms with van der Waals surface area (Å²) in [5.74, 6) is -0.173. The third kappa shape index (κ3) is 7.97. The number of hydrogen-bond acceptors (Lipinski definition) is 6. The van der Waals surface area contributed by atoms with E-state index in [1.54, 1.807) is 11.5 Å². The van der Waals surface area contributed by atoms with E-state index < -0.39 is 11.7 Å². The number of hydrogen-bond donors (Lipinski definition) is 2. The lowest BCUT2D eigenvalue weighted by Gasteiger charge is -2.25. The zero-order valence-electron chi connectivity index (χ0n) is 25.7. The third-order valence-electron chi connectivity index (χ3n) is 7.06. The first-order chi connectivity index (χ1) is 19.2. The van der Waals surface area contributed by atoms with Crippen LogP contribution in [-0.4, -0.2) is 28.3 Å². The quantitative estimate of drug-likeness (QED) is 0.282. The summed E-state index contributed by atoms with van der Waals surface area (Å²) in [5, 5.41) is 4.23. The smallest absolute Gasteiger partial charge is 0.407 e. The molecule has 0 aliphatic carbocycles. The van der Waals surface area contributed by atoms with Gasteiger partial charge in [-0.15, -0.1) is 0 Å². The van der Waals surface area contributed by atoms with Gasteiger partial charge in [-0.1, -0.05) is 58.0 Å². The van der Waals surface area contributed by atoms with E-state index in [1.807, 2.05) is 77.1 Å². The Morgan fingerprint density at radius 2 is 1.66 bits per heavy atom. The summed E-state index contributed by atoms with van der Waals surface area (Å²) in [4.78, 5) is 38.6. The average molecular weight is 564 g/mol. The summed E-state index contributed by atoms with van der Waals surface area (Å²) >= 11 is 0. The highest BCUT2D eigenvalue weighted by molar-refractivity contribution is 5.98. The fourth-order valence-corrected chi connectivity index (χ4v) is 4.80. The SMILES string of the molecule is CCC(=O)OC(C)C(C)c1ccc2c(=O)n(CC(C)C)c(CNC(=O)OC(C)(C)C)c(-c3ccc(CN)cc3)c2c1. The van der Waals surface area contributed by atoms with Gasteiger partial charge in [0, 0.05) is 42.1 Å². The van der Waals surface area contributed by atoms with Crippen molar-refractivity contribution in [3.05, 3.63) is 69.6 Å². The van der Waals surface area contributed by atoms with Crippen LogP contribution in [0.4, 0.5) is 4.79 Å². The number of benzene rings is 2. The number of fused-ring (bicyclic) bond motifs is 1. The van der Waals surface area contributed by atoms with Gasteiger partial charge in [-0.2, -0.15) is 0 Å². The van der Waals surface area contributed by atoms with Crippen molar-refractivity contribution in [2.24, 2.45) is 11.7 Å². The maximum absolute atomic E-state index is 14.0. The molecule has 0 aliphatic heterocycles. The maximum atomic E-state index is 14.0. The highest BCUT2D eigenvalue weighted by atomic mass is 16.6. The first-order valence-corrected chi connectivity index (χ1v) is 14.4. The second kappa shape index (κ2) is 13.3. The number of nitrogens with one attached hydrogen (secondary N) is 1. The van der Waals surface area contributed by atoms with Gasteiger partial charge < -0.3 is 25.1 Å². The first kappa shape index (κ1) is 31.9. The van der Waals surface area contributed by atoms with Crippen molar-refractivity contribution in [2.45, 2.75) is 99.1 Å². The number of carbonyl (C=O) groups is 2. The van der Waals surface area contributed by atoms with Crippen LogP contribution >= 0.6 is 0 Å². The highest BCUT2D eigenvalue weighted by Gasteiger charge is 2.24. The summed E-state index contributed by atoms with van der Waals surface area (Å²) in [6.45, 7) is 16.2. The van der Waals surface area contributed by atoms with Crippen molar-refractivity contribution >= 4 is 22.8 Å². The largest absolute Gasteiger partial charge is 0.462 e. The molecule has 3 rings (SSSR count). The summed E-state index contributed by atoms with van der Waals surface area (Å²) in [7, 11) is 0. The second-order valence-corrected chi connectivity index (χ2v) is 12.0. The summed E-state index contributed by atoms with van der Waals surface area (Å²) < 4.78 is 12.9. The van der Waals surface area contributed by atoms with E-state index in [1.165, 1.54) is 0 Å². The maximum Gasteiger partial charge on any atom is 0.407 e. The van der Waals surface area contributed by atoms with Crippen LogP contribution in [-0.2, 0) is 33.9 Å². The number of aromatic nitrogens is 1. The number of alkyl carbamates (subject to hydrolysis) is 1. The molecule has 8 nitrogen and oxygen atoms in total. The van der Waals surface area contributed by atoms with Crippen molar-refractivity contribution in [3.8, 4) is 11.1 Å². The summed E-state index contributed by atoms with van der Waals surface area (Å²) in [6.07, 6.45) is -0.595. The number of rotatable bonds is 10. The second-order valence-electron chi connectivity index (χ2n) is 12.0. The van der Waals surface area contributed by atoms with Crippen LogP contribution in [0.3, 0.4) is 0 Å². The van der Waals surface area contributed by atoms with E-state index >= 15 is 0 Å². The molecule has 0 fully saturated rings. The van der Waals surface area contributed by atoms with Crippen LogP contribution in [0.25, 0.3) is 21.9 Å². The van der Waals surface area contributed by atoms with Gasteiger partial charge in [-0.05, 0) is 67.8 Å². The lowest BCUT2D eigenvalue weighted by molar-refractivity contribution is -0.148. The molecule has 2 atom stereocenters. The first-order valence-electron chi connectivity index (χ1n) is 14.4. The Balaban J connectivity index is 2.29. The number of amides is 1. The Kier molecular flexibility index (Phi) is 10.4. The third-order valence-corrected chi connectivity index (χ3v) is 7.06. The molecule has 0 aliphatic rings. The Morgan fingerprint density at radius 1 is 1.00 bits per heavy atom. The molecule has 0 radical (unpaired) electrons. The topological polar surface area (TPSA) is 113 Å². The molecule has 41 heavy (non-hydrogen) atoms. The predicted octanol–water partition coefficient (Wildman–Crippen LogP) is 6.25. The predicted molar refractivity (Wildman–Crippen MR) is 164 cm³/mol. The molecule has 2 aromatic carbocycles. The van der Waals surface area contributed by atoms with Crippen LogP contribution in [0.15, 0.2) is 47.3 Å². The van der Waals surface area contributed by atoms with Crippen LogP contribution in [0.2, 0.25) is 0 Å². The minimum atomic E-state index is -0.658. The zero-order chi connectivity index (χ0) is 30.5. The molecule has 0 saturated carbocycles. The molecule has 2 unspecified atom stereocenters. The van der Waals surface area contributed by atoms with Gasteiger partial charge in [0.05, 0.1) is 6.54 Å². The van der Waals surface area contributed by atoms with Crippen LogP contribution < -0.4 is 16.6 Å². The van der Waals surface area contributed by atoms with E-state index in [9.17, 15) is 14.4 Å². The molecule has 1 aromatic heterocycles. The number of carbonyl (C=O) groups excluding carboxylic acids is 2. The number of ether oxygens (including phenoxy) is 2. The molecule has 1 amide bonds. The Labute approximate surface area is 243 Å². The van der Waals surface area contributed by atoms with Gasteiger partial charge in [0.1, 0.15) is 11.7 Å². The van der Waals surface area contributed by atoms with Crippen molar-refractivity contribution in [1.82, 2.24) is 9.88 Å². The van der Waals surface area contributed by atoms with E-state index in [0.29, 0.717) is 30.6 Å². The van der Waals surface area contributed by atoms with Gasteiger partial charge in [0.2, 0.25) is 0 Å². The van der Waals surface area contributed by atoms with Gasteiger partial charge in [-0.25, -0.2) is 4.79 Å². The van der Waals surface area contributed by atoms with Crippen molar-refractivity contribution in [3.63, 3.8) is 0 Å². The molecule has 222 valence electrons. The minimum absolute atomic E-state index is 0.102. The lowest BCUT2D eigenvalue weighted by Crippen LogP contribution is -2.35. The highest BCUT2D eigenvalue weighted by Crippen LogP contribution is 2.34. The molecule has 8 heteroatoms. The van der Waals surface area contributed by atoms with Crippen molar-refractivity contribution in [1.29, 1.82) is 0 Å². The van der Waals surface area contributed by atoms with Crippen molar-refractivity contribution in [2.75, 3.05) is 0 Å². The van der Waals surface area contributed by atoms with Gasteiger partial charge >= 0.3 is 12.1 Å². The van der Waals surface area contributed by atoms with Crippen LogP contribution in [0.1, 0.15) is 84.5 Å². The molecular formula is C33H45N3O5. The van der Waals surface area contributed by atoms with E-state index in [-0.39, 0.29) is 36.0 Å². The molecular weight excluding hydrogens is 518 g/mol.